The fourth-order valence-corrected chi connectivity index (χ4v) is 3.75. The van der Waals surface area contributed by atoms with E-state index in [9.17, 15) is 8.42 Å². The number of hydrogen-bond donors (Lipinski definition) is 3. The smallest absolute Gasteiger partial charge is 0.212 e. The summed E-state index contributed by atoms with van der Waals surface area (Å²) in [4.78, 5) is 7.80. The van der Waals surface area contributed by atoms with Crippen molar-refractivity contribution in [2.45, 2.75) is 11.4 Å². The maximum absolute atomic E-state index is 11.8. The molecule has 4 N–H and O–H groups in total. The molecule has 0 saturated heterocycles. The Balaban J connectivity index is 1.76. The highest BCUT2D eigenvalue weighted by Crippen LogP contribution is 2.19. The summed E-state index contributed by atoms with van der Waals surface area (Å²) in [6.45, 7) is 0.182. The molecular weight excluding hydrogens is 296 g/mol. The van der Waals surface area contributed by atoms with Crippen molar-refractivity contribution >= 4 is 27.5 Å². The number of benzene rings is 1. The molecule has 0 spiro atoms. The van der Waals surface area contributed by atoms with Crippen molar-refractivity contribution in [3.63, 3.8) is 0 Å². The number of nitrogen functional groups attached to an aromatic ring is 1. The zero-order valence-electron chi connectivity index (χ0n) is 10.7. The molecule has 6 nitrogen and oxygen atoms in total. The zero-order chi connectivity index (χ0) is 14.4. The Labute approximate surface area is 122 Å². The van der Waals surface area contributed by atoms with Crippen molar-refractivity contribution in [2.24, 2.45) is 0 Å². The summed E-state index contributed by atoms with van der Waals surface area (Å²) in [5.74, 6) is 1.14. The van der Waals surface area contributed by atoms with Gasteiger partial charge in [-0.2, -0.15) is 0 Å². The third-order valence-electron chi connectivity index (χ3n) is 2.52. The Morgan fingerprint density at radius 1 is 1.30 bits per heavy atom. The summed E-state index contributed by atoms with van der Waals surface area (Å²) >= 11 is 1.48. The summed E-state index contributed by atoms with van der Waals surface area (Å²) in [5, 5.41) is 0. The van der Waals surface area contributed by atoms with Crippen molar-refractivity contribution < 1.29 is 8.42 Å². The van der Waals surface area contributed by atoms with Crippen LogP contribution in [-0.2, 0) is 16.6 Å². The largest absolute Gasteiger partial charge is 0.399 e. The van der Waals surface area contributed by atoms with Crippen molar-refractivity contribution in [3.05, 3.63) is 42.5 Å². The van der Waals surface area contributed by atoms with E-state index in [2.05, 4.69) is 14.7 Å². The van der Waals surface area contributed by atoms with Crippen LogP contribution in [0.2, 0.25) is 0 Å². The molecule has 0 atom stereocenters. The Kier molecular flexibility index (Phi) is 5.05. The van der Waals surface area contributed by atoms with E-state index in [1.54, 1.807) is 24.5 Å². The summed E-state index contributed by atoms with van der Waals surface area (Å²) in [6.07, 6.45) is 3.24. The molecule has 8 heteroatoms. The van der Waals surface area contributed by atoms with E-state index >= 15 is 0 Å². The van der Waals surface area contributed by atoms with E-state index in [4.69, 9.17) is 5.73 Å². The lowest BCUT2D eigenvalue weighted by Crippen LogP contribution is -2.27. The highest BCUT2D eigenvalue weighted by molar-refractivity contribution is 8.00. The van der Waals surface area contributed by atoms with Crippen molar-refractivity contribution in [1.29, 1.82) is 0 Å². The minimum atomic E-state index is -3.29. The maximum Gasteiger partial charge on any atom is 0.212 e. The van der Waals surface area contributed by atoms with Gasteiger partial charge in [-0.05, 0) is 24.3 Å². The first-order valence-corrected chi connectivity index (χ1v) is 8.63. The lowest BCUT2D eigenvalue weighted by atomic mass is 10.3. The van der Waals surface area contributed by atoms with Crippen molar-refractivity contribution in [3.8, 4) is 0 Å². The van der Waals surface area contributed by atoms with Gasteiger partial charge in [-0.1, -0.05) is 0 Å². The lowest BCUT2D eigenvalue weighted by Gasteiger charge is -2.05. The number of aromatic nitrogens is 2. The van der Waals surface area contributed by atoms with E-state index in [0.29, 0.717) is 17.3 Å². The SMILES string of the molecule is Nc1ccc(SCCS(=O)(=O)NCc2ncc[nH]2)cc1. The fourth-order valence-electron chi connectivity index (χ4n) is 1.48. The predicted octanol–water partition coefficient (Wildman–Crippen LogP) is 1.20. The molecule has 0 aliphatic rings. The van der Waals surface area contributed by atoms with Crippen LogP contribution >= 0.6 is 11.8 Å². The molecule has 20 heavy (non-hydrogen) atoms. The van der Waals surface area contributed by atoms with Crippen LogP contribution in [-0.4, -0.2) is 29.9 Å². The van der Waals surface area contributed by atoms with Crippen LogP contribution in [0, 0.1) is 0 Å². The van der Waals surface area contributed by atoms with Gasteiger partial charge in [0.1, 0.15) is 5.82 Å². The van der Waals surface area contributed by atoms with Gasteiger partial charge >= 0.3 is 0 Å². The molecule has 0 amide bonds. The number of rotatable bonds is 7. The van der Waals surface area contributed by atoms with Crippen LogP contribution in [0.4, 0.5) is 5.69 Å². The predicted molar refractivity (Wildman–Crippen MR) is 80.8 cm³/mol. The molecule has 0 aliphatic heterocycles. The summed E-state index contributed by atoms with van der Waals surface area (Å²) in [7, 11) is -3.29. The van der Waals surface area contributed by atoms with E-state index < -0.39 is 10.0 Å². The Hall–Kier alpha value is -1.51. The van der Waals surface area contributed by atoms with Gasteiger partial charge in [0, 0.05) is 28.7 Å². The second-order valence-corrected chi connectivity index (χ2v) is 7.19. The summed E-state index contributed by atoms with van der Waals surface area (Å²) in [6, 6.07) is 7.35. The number of nitrogens with one attached hydrogen (secondary N) is 2. The highest BCUT2D eigenvalue weighted by Gasteiger charge is 2.10. The highest BCUT2D eigenvalue weighted by atomic mass is 32.2. The number of anilines is 1. The first-order chi connectivity index (χ1) is 9.55. The molecule has 2 aromatic rings. The molecular formula is C12H16N4O2S2. The number of H-pyrrole nitrogens is 1. The van der Waals surface area contributed by atoms with Crippen LogP contribution in [0.1, 0.15) is 5.82 Å². The number of hydrogen-bond acceptors (Lipinski definition) is 5. The summed E-state index contributed by atoms with van der Waals surface area (Å²) < 4.78 is 26.1. The Morgan fingerprint density at radius 2 is 2.05 bits per heavy atom. The normalized spacial score (nSPS) is 11.6. The lowest BCUT2D eigenvalue weighted by molar-refractivity contribution is 0.581. The van der Waals surface area contributed by atoms with Gasteiger partial charge in [0.25, 0.3) is 0 Å². The number of nitrogens with two attached hydrogens (primary N) is 1. The molecule has 0 unspecified atom stereocenters. The number of nitrogens with zero attached hydrogens (tertiary/aromatic N) is 1. The van der Waals surface area contributed by atoms with Crippen LogP contribution in [0.5, 0.6) is 0 Å². The van der Waals surface area contributed by atoms with Gasteiger partial charge in [0.15, 0.2) is 0 Å². The minimum Gasteiger partial charge on any atom is -0.399 e. The van der Waals surface area contributed by atoms with Gasteiger partial charge < -0.3 is 10.7 Å². The fraction of sp³-hybridized carbons (Fsp3) is 0.250. The average Bonchev–Trinajstić information content (AvgIpc) is 2.92. The van der Waals surface area contributed by atoms with Gasteiger partial charge in [-0.15, -0.1) is 11.8 Å². The van der Waals surface area contributed by atoms with Crippen LogP contribution in [0.25, 0.3) is 0 Å². The topological polar surface area (TPSA) is 101 Å². The zero-order valence-corrected chi connectivity index (χ0v) is 12.4. The molecule has 1 aromatic heterocycles. The molecule has 108 valence electrons. The number of imidazole rings is 1. The first kappa shape index (κ1) is 14.9. The number of aromatic amines is 1. The van der Waals surface area contributed by atoms with Gasteiger partial charge in [0.05, 0.1) is 12.3 Å². The standard InChI is InChI=1S/C12H16N4O2S2/c13-10-1-3-11(4-2-10)19-7-8-20(17,18)16-9-12-14-5-6-15-12/h1-6,16H,7-9,13H2,(H,14,15). The van der Waals surface area contributed by atoms with Crippen molar-refractivity contribution in [2.75, 3.05) is 17.2 Å². The molecule has 0 aliphatic carbocycles. The second-order valence-electron chi connectivity index (χ2n) is 4.09. The average molecular weight is 312 g/mol. The van der Waals surface area contributed by atoms with Crippen molar-refractivity contribution in [1.82, 2.24) is 14.7 Å². The van der Waals surface area contributed by atoms with Gasteiger partial charge in [-0.25, -0.2) is 18.1 Å². The van der Waals surface area contributed by atoms with E-state index in [0.717, 1.165) is 4.90 Å². The molecule has 0 saturated carbocycles. The second kappa shape index (κ2) is 6.78. The maximum atomic E-state index is 11.8. The summed E-state index contributed by atoms with van der Waals surface area (Å²) in [5.41, 5.74) is 6.28. The first-order valence-electron chi connectivity index (χ1n) is 5.99. The minimum absolute atomic E-state index is 0.0583. The quantitative estimate of drug-likeness (QED) is 0.527. The molecule has 0 radical (unpaired) electrons. The Morgan fingerprint density at radius 3 is 2.70 bits per heavy atom. The van der Waals surface area contributed by atoms with E-state index in [1.165, 1.54) is 11.8 Å². The monoisotopic (exact) mass is 312 g/mol. The van der Waals surface area contributed by atoms with Gasteiger partial charge in [-0.3, -0.25) is 0 Å². The molecule has 1 aromatic carbocycles. The molecule has 1 heterocycles. The van der Waals surface area contributed by atoms with Crippen LogP contribution in [0.3, 0.4) is 0 Å². The molecule has 0 bridgehead atoms. The van der Waals surface area contributed by atoms with Crippen LogP contribution in [0.15, 0.2) is 41.6 Å². The molecule has 2 rings (SSSR count). The number of thioether (sulfide) groups is 1. The van der Waals surface area contributed by atoms with E-state index in [1.807, 2.05) is 12.1 Å². The molecule has 0 fully saturated rings. The van der Waals surface area contributed by atoms with E-state index in [-0.39, 0.29) is 12.3 Å². The van der Waals surface area contributed by atoms with Crippen LogP contribution < -0.4 is 10.5 Å². The number of sulfonamides is 1. The van der Waals surface area contributed by atoms with Gasteiger partial charge in [0.2, 0.25) is 10.0 Å². The Bertz CT molecular complexity index is 624. The third-order valence-corrected chi connectivity index (χ3v) is 5.11. The third kappa shape index (κ3) is 4.87.